The van der Waals surface area contributed by atoms with Crippen molar-refractivity contribution in [2.45, 2.75) is 25.8 Å². The Morgan fingerprint density at radius 1 is 1.70 bits per heavy atom. The van der Waals surface area contributed by atoms with Gasteiger partial charge in [0.25, 0.3) is 6.20 Å². The monoisotopic (exact) mass is 303 g/mol. The Balaban J connectivity index is 2.24. The lowest BCUT2D eigenvalue weighted by Crippen LogP contribution is -2.35. The van der Waals surface area contributed by atoms with Gasteiger partial charge in [-0.05, 0) is 39.0 Å². The molecule has 2 atom stereocenters. The smallest absolute Gasteiger partial charge is 0.263 e. The summed E-state index contributed by atoms with van der Waals surface area (Å²) in [4.78, 5) is 12.3. The molecule has 1 fully saturated rings. The Bertz CT molecular complexity index is 333. The van der Waals surface area contributed by atoms with E-state index < -0.39 is 4.92 Å². The summed E-state index contributed by atoms with van der Waals surface area (Å²) < 4.78 is 5.39. The van der Waals surface area contributed by atoms with Gasteiger partial charge < -0.3 is 15.0 Å². The summed E-state index contributed by atoms with van der Waals surface area (Å²) in [6, 6.07) is 0.446. The van der Waals surface area contributed by atoms with E-state index >= 15 is 0 Å². The molecule has 1 N–H and O–H groups in total. The molecule has 1 rings (SSSR count). The fraction of sp³-hybridized carbons (Fsp3) is 0.846. The van der Waals surface area contributed by atoms with E-state index in [0.717, 1.165) is 45.3 Å². The van der Waals surface area contributed by atoms with Crippen LogP contribution in [0, 0.1) is 16.0 Å². The molecule has 7 heteroatoms. The van der Waals surface area contributed by atoms with Crippen molar-refractivity contribution >= 4 is 11.8 Å². The maximum absolute atomic E-state index is 10.4. The summed E-state index contributed by atoms with van der Waals surface area (Å²) in [7, 11) is 2.13. The minimum absolute atomic E-state index is 0.422. The topological polar surface area (TPSA) is 67.6 Å². The Morgan fingerprint density at radius 3 is 3.00 bits per heavy atom. The molecule has 6 nitrogen and oxygen atoms in total. The van der Waals surface area contributed by atoms with Crippen LogP contribution in [0.3, 0.4) is 0 Å². The van der Waals surface area contributed by atoms with Crippen molar-refractivity contribution in [1.29, 1.82) is 0 Å². The van der Waals surface area contributed by atoms with Crippen molar-refractivity contribution in [3.8, 4) is 0 Å². The fourth-order valence-corrected chi connectivity index (χ4v) is 2.64. The predicted molar refractivity (Wildman–Crippen MR) is 82.2 cm³/mol. The molecule has 0 radical (unpaired) electrons. The standard InChI is InChI=1S/C13H25N3O3S/c1-11(15(2)8-12-5-7-19-10-12)4-6-14-13(20-3)9-16(17)18/h9,11-12,14H,4-8,10H2,1-3H3. The van der Waals surface area contributed by atoms with E-state index in [4.69, 9.17) is 4.74 Å². The molecular formula is C13H25N3O3S. The molecule has 1 saturated heterocycles. The largest absolute Gasteiger partial charge is 0.381 e. The number of hydrogen-bond acceptors (Lipinski definition) is 6. The van der Waals surface area contributed by atoms with Crippen LogP contribution in [-0.2, 0) is 4.74 Å². The first kappa shape index (κ1) is 17.3. The highest BCUT2D eigenvalue weighted by molar-refractivity contribution is 8.02. The molecule has 2 unspecified atom stereocenters. The molecule has 0 aliphatic carbocycles. The van der Waals surface area contributed by atoms with Crippen LogP contribution in [0.15, 0.2) is 11.2 Å². The average Bonchev–Trinajstić information content (AvgIpc) is 2.89. The van der Waals surface area contributed by atoms with Gasteiger partial charge in [-0.15, -0.1) is 11.8 Å². The molecule has 1 aliphatic rings. The van der Waals surface area contributed by atoms with Crippen LogP contribution in [0.2, 0.25) is 0 Å². The van der Waals surface area contributed by atoms with E-state index in [0.29, 0.717) is 17.0 Å². The third-order valence-corrected chi connectivity index (χ3v) is 4.32. The van der Waals surface area contributed by atoms with Gasteiger partial charge in [-0.1, -0.05) is 0 Å². The predicted octanol–water partition coefficient (Wildman–Crippen LogP) is 1.76. The van der Waals surface area contributed by atoms with Crippen LogP contribution in [0.25, 0.3) is 0 Å². The first-order valence-corrected chi connectivity index (χ1v) is 8.16. The van der Waals surface area contributed by atoms with Crippen LogP contribution >= 0.6 is 11.8 Å². The van der Waals surface area contributed by atoms with E-state index in [1.165, 1.54) is 11.8 Å². The third-order valence-electron chi connectivity index (χ3n) is 3.63. The number of hydrogen-bond donors (Lipinski definition) is 1. The highest BCUT2D eigenvalue weighted by atomic mass is 32.2. The highest BCUT2D eigenvalue weighted by Gasteiger charge is 2.19. The van der Waals surface area contributed by atoms with E-state index in [-0.39, 0.29) is 0 Å². The SMILES string of the molecule is CSC(=C[N+](=O)[O-])NCCC(C)N(C)CC1CCOC1. The van der Waals surface area contributed by atoms with Crippen LogP contribution in [0.4, 0.5) is 0 Å². The Hall–Kier alpha value is -0.790. The van der Waals surface area contributed by atoms with Gasteiger partial charge in [0.1, 0.15) is 5.03 Å². The summed E-state index contributed by atoms with van der Waals surface area (Å²) in [5.41, 5.74) is 0. The van der Waals surface area contributed by atoms with E-state index in [2.05, 4.69) is 24.2 Å². The zero-order valence-corrected chi connectivity index (χ0v) is 13.3. The molecule has 20 heavy (non-hydrogen) atoms. The van der Waals surface area contributed by atoms with Crippen LogP contribution in [-0.4, -0.2) is 55.5 Å². The summed E-state index contributed by atoms with van der Waals surface area (Å²) >= 11 is 1.36. The van der Waals surface area contributed by atoms with Crippen LogP contribution < -0.4 is 5.32 Å². The molecule has 0 aromatic rings. The van der Waals surface area contributed by atoms with E-state index in [1.807, 2.05) is 6.26 Å². The maximum Gasteiger partial charge on any atom is 0.263 e. The van der Waals surface area contributed by atoms with Gasteiger partial charge in [-0.2, -0.15) is 0 Å². The lowest BCUT2D eigenvalue weighted by Gasteiger charge is -2.27. The van der Waals surface area contributed by atoms with Gasteiger partial charge in [0.05, 0.1) is 11.5 Å². The number of nitrogens with one attached hydrogen (secondary N) is 1. The molecule has 1 heterocycles. The summed E-state index contributed by atoms with van der Waals surface area (Å²) in [5, 5.41) is 14.1. The number of nitrogens with zero attached hydrogens (tertiary/aromatic N) is 2. The zero-order valence-electron chi connectivity index (χ0n) is 12.5. The average molecular weight is 303 g/mol. The van der Waals surface area contributed by atoms with E-state index in [9.17, 15) is 10.1 Å². The maximum atomic E-state index is 10.4. The highest BCUT2D eigenvalue weighted by Crippen LogP contribution is 2.15. The minimum Gasteiger partial charge on any atom is -0.381 e. The summed E-state index contributed by atoms with van der Waals surface area (Å²) in [5.74, 6) is 0.645. The van der Waals surface area contributed by atoms with Gasteiger partial charge in [0.15, 0.2) is 0 Å². The van der Waals surface area contributed by atoms with Gasteiger partial charge >= 0.3 is 0 Å². The third kappa shape index (κ3) is 6.58. The number of thioether (sulfide) groups is 1. The van der Waals surface area contributed by atoms with Gasteiger partial charge in [0, 0.05) is 25.7 Å². The summed E-state index contributed by atoms with van der Waals surface area (Å²) in [6.07, 6.45) is 4.96. The zero-order chi connectivity index (χ0) is 15.0. The van der Waals surface area contributed by atoms with Gasteiger partial charge in [-0.25, -0.2) is 0 Å². The van der Waals surface area contributed by atoms with Crippen molar-refractivity contribution in [3.63, 3.8) is 0 Å². The molecule has 116 valence electrons. The molecule has 0 spiro atoms. The number of rotatable bonds is 9. The summed E-state index contributed by atoms with van der Waals surface area (Å²) in [6.45, 7) is 5.75. The fourth-order valence-electron chi connectivity index (χ4n) is 2.21. The first-order valence-electron chi connectivity index (χ1n) is 6.94. The molecule has 0 bridgehead atoms. The van der Waals surface area contributed by atoms with Crippen molar-refractivity contribution in [2.24, 2.45) is 5.92 Å². The van der Waals surface area contributed by atoms with Crippen molar-refractivity contribution in [3.05, 3.63) is 21.3 Å². The van der Waals surface area contributed by atoms with Crippen molar-refractivity contribution in [2.75, 3.05) is 39.6 Å². The van der Waals surface area contributed by atoms with Crippen molar-refractivity contribution in [1.82, 2.24) is 10.2 Å². The van der Waals surface area contributed by atoms with E-state index in [1.54, 1.807) is 0 Å². The molecular weight excluding hydrogens is 278 g/mol. The minimum atomic E-state index is -0.422. The van der Waals surface area contributed by atoms with Crippen LogP contribution in [0.5, 0.6) is 0 Å². The molecule has 0 aromatic heterocycles. The lowest BCUT2D eigenvalue weighted by molar-refractivity contribution is -0.403. The first-order chi connectivity index (χ1) is 9.52. The Kier molecular flexibility index (Phi) is 7.94. The van der Waals surface area contributed by atoms with Crippen LogP contribution in [0.1, 0.15) is 19.8 Å². The van der Waals surface area contributed by atoms with Gasteiger partial charge in [-0.3, -0.25) is 10.1 Å². The molecule has 0 aromatic carbocycles. The van der Waals surface area contributed by atoms with Gasteiger partial charge in [0.2, 0.25) is 0 Å². The Labute approximate surface area is 125 Å². The second-order valence-electron chi connectivity index (χ2n) is 5.22. The number of ether oxygens (including phenoxy) is 1. The molecule has 1 aliphatic heterocycles. The Morgan fingerprint density at radius 2 is 2.45 bits per heavy atom. The normalized spacial score (nSPS) is 21.2. The molecule has 0 amide bonds. The van der Waals surface area contributed by atoms with Crippen molar-refractivity contribution < 1.29 is 9.66 Å². The quantitative estimate of drug-likeness (QED) is 0.517. The lowest BCUT2D eigenvalue weighted by atomic mass is 10.1. The second-order valence-corrected chi connectivity index (χ2v) is 6.06. The molecule has 0 saturated carbocycles. The second kappa shape index (κ2) is 9.20. The number of nitro groups is 1.